The fourth-order valence-corrected chi connectivity index (χ4v) is 1.07. The van der Waals surface area contributed by atoms with Crippen LogP contribution >= 0.6 is 69.6 Å². The van der Waals surface area contributed by atoms with Gasteiger partial charge in [0.15, 0.2) is 0 Å². The first kappa shape index (κ1) is 15.5. The van der Waals surface area contributed by atoms with Crippen LogP contribution in [0.15, 0.2) is 0 Å². The van der Waals surface area contributed by atoms with Gasteiger partial charge in [-0.25, -0.2) is 0 Å². The van der Waals surface area contributed by atoms with Crippen molar-refractivity contribution in [1.82, 2.24) is 0 Å². The molecule has 0 unspecified atom stereocenters. The summed E-state index contributed by atoms with van der Waals surface area (Å²) in [7, 11) is 0. The molecule has 0 aromatic rings. The van der Waals surface area contributed by atoms with Gasteiger partial charge >= 0.3 is 11.8 Å². The second kappa shape index (κ2) is 4.04. The van der Waals surface area contributed by atoms with Gasteiger partial charge in [0.1, 0.15) is 0 Å². The average molecular weight is 337 g/mol. The van der Waals surface area contributed by atoms with E-state index in [9.17, 15) is 17.6 Å². The Kier molecular flexibility index (Phi) is 4.46. The summed E-state index contributed by atoms with van der Waals surface area (Å²) in [4.78, 5) is 0. The summed E-state index contributed by atoms with van der Waals surface area (Å²) in [5.41, 5.74) is 0. The maximum atomic E-state index is 12.8. The van der Waals surface area contributed by atoms with Crippen LogP contribution in [0.1, 0.15) is 0 Å². The number of alkyl halides is 10. The van der Waals surface area contributed by atoms with Crippen molar-refractivity contribution in [3.05, 3.63) is 0 Å². The number of halogens is 10. The molecule has 0 atom stereocenters. The summed E-state index contributed by atoms with van der Waals surface area (Å²) >= 11 is 27.8. The molecule has 0 aliphatic rings. The van der Waals surface area contributed by atoms with E-state index in [-0.39, 0.29) is 0 Å². The molecule has 14 heavy (non-hydrogen) atoms. The van der Waals surface area contributed by atoms with Gasteiger partial charge in [0.25, 0.3) is 7.59 Å². The lowest BCUT2D eigenvalue weighted by Gasteiger charge is -2.35. The van der Waals surface area contributed by atoms with Crippen LogP contribution in [0.3, 0.4) is 0 Å². The smallest absolute Gasteiger partial charge is 0.195 e. The van der Waals surface area contributed by atoms with Gasteiger partial charge in [-0.1, -0.05) is 69.6 Å². The highest BCUT2D eigenvalue weighted by Crippen LogP contribution is 2.58. The molecule has 10 heteroatoms. The highest BCUT2D eigenvalue weighted by atomic mass is 35.6. The van der Waals surface area contributed by atoms with Gasteiger partial charge in [-0.05, 0) is 0 Å². The Morgan fingerprint density at radius 2 is 0.643 bits per heavy atom. The average Bonchev–Trinajstić information content (AvgIpc) is 1.81. The van der Waals surface area contributed by atoms with Crippen LogP contribution in [-0.4, -0.2) is 19.4 Å². The van der Waals surface area contributed by atoms with E-state index in [0.29, 0.717) is 0 Å². The van der Waals surface area contributed by atoms with Crippen LogP contribution < -0.4 is 0 Å². The third-order valence-electron chi connectivity index (χ3n) is 1.11. The van der Waals surface area contributed by atoms with Gasteiger partial charge < -0.3 is 0 Å². The molecule has 0 saturated carbocycles. The molecule has 0 saturated heterocycles. The molecule has 0 aromatic heterocycles. The van der Waals surface area contributed by atoms with Crippen LogP contribution in [0, 0.1) is 0 Å². The highest BCUT2D eigenvalue weighted by molar-refractivity contribution is 6.70. The first-order valence-electron chi connectivity index (χ1n) is 2.64. The van der Waals surface area contributed by atoms with Crippen molar-refractivity contribution in [1.29, 1.82) is 0 Å². The third kappa shape index (κ3) is 2.58. The van der Waals surface area contributed by atoms with Crippen molar-refractivity contribution in [2.24, 2.45) is 0 Å². The molecule has 0 fully saturated rings. The van der Waals surface area contributed by atoms with E-state index in [4.69, 9.17) is 0 Å². The molecule has 0 aromatic carbocycles. The van der Waals surface area contributed by atoms with Crippen LogP contribution in [-0.2, 0) is 0 Å². The van der Waals surface area contributed by atoms with Crippen LogP contribution in [0.25, 0.3) is 0 Å². The molecule has 0 N–H and O–H groups in total. The summed E-state index contributed by atoms with van der Waals surface area (Å²) in [6, 6.07) is 0. The largest absolute Gasteiger partial charge is 0.360 e. The summed E-state index contributed by atoms with van der Waals surface area (Å²) in [5, 5.41) is 0. The lowest BCUT2D eigenvalue weighted by atomic mass is 10.2. The van der Waals surface area contributed by atoms with E-state index < -0.39 is 19.4 Å². The van der Waals surface area contributed by atoms with Gasteiger partial charge in [0, 0.05) is 0 Å². The van der Waals surface area contributed by atoms with Gasteiger partial charge in [-0.15, -0.1) is 0 Å². The van der Waals surface area contributed by atoms with Crippen LogP contribution in [0.5, 0.6) is 0 Å². The van der Waals surface area contributed by atoms with Crippen molar-refractivity contribution in [3.63, 3.8) is 0 Å². The Labute approximate surface area is 106 Å². The molecule has 86 valence electrons. The fraction of sp³-hybridized carbons (Fsp3) is 1.00. The Bertz CT molecular complexity index is 191. The monoisotopic (exact) mass is 334 g/mol. The van der Waals surface area contributed by atoms with Gasteiger partial charge in [0.2, 0.25) is 0 Å². The molecule has 0 nitrogen and oxygen atoms in total. The first-order valence-corrected chi connectivity index (χ1v) is 4.91. The molecule has 0 aliphatic heterocycles. The number of hydrogen-bond donors (Lipinski definition) is 0. The van der Waals surface area contributed by atoms with E-state index in [1.807, 2.05) is 0 Å². The lowest BCUT2D eigenvalue weighted by molar-refractivity contribution is -0.203. The van der Waals surface area contributed by atoms with E-state index in [1.165, 1.54) is 0 Å². The first-order chi connectivity index (χ1) is 5.75. The van der Waals surface area contributed by atoms with Crippen molar-refractivity contribution >= 4 is 69.6 Å². The lowest BCUT2D eigenvalue weighted by Crippen LogP contribution is -2.57. The van der Waals surface area contributed by atoms with Gasteiger partial charge in [-0.2, -0.15) is 17.6 Å². The Balaban J connectivity index is 5.30. The van der Waals surface area contributed by atoms with Gasteiger partial charge in [-0.3, -0.25) is 0 Å². The van der Waals surface area contributed by atoms with Crippen molar-refractivity contribution in [3.8, 4) is 0 Å². The van der Waals surface area contributed by atoms with E-state index in [0.717, 1.165) is 0 Å². The summed E-state index contributed by atoms with van der Waals surface area (Å²) < 4.78 is 44.1. The molecule has 0 rings (SSSR count). The second-order valence-electron chi connectivity index (χ2n) is 2.14. The van der Waals surface area contributed by atoms with E-state index in [2.05, 4.69) is 69.6 Å². The molecular formula is C4Cl6F4. The zero-order valence-electron chi connectivity index (χ0n) is 5.78. The molecular weight excluding hydrogens is 337 g/mol. The minimum Gasteiger partial charge on any atom is -0.195 e. The number of hydrogen-bond acceptors (Lipinski definition) is 0. The zero-order chi connectivity index (χ0) is 12.0. The molecule has 0 amide bonds. The topological polar surface area (TPSA) is 0 Å². The maximum Gasteiger partial charge on any atom is 0.360 e. The summed E-state index contributed by atoms with van der Waals surface area (Å²) in [5.74, 6) is -10.2. The highest BCUT2D eigenvalue weighted by Gasteiger charge is 2.75. The van der Waals surface area contributed by atoms with Crippen LogP contribution in [0.2, 0.25) is 0 Å². The van der Waals surface area contributed by atoms with Crippen molar-refractivity contribution in [2.75, 3.05) is 0 Å². The minimum atomic E-state index is -5.12. The summed E-state index contributed by atoms with van der Waals surface area (Å²) in [6.45, 7) is 0. The van der Waals surface area contributed by atoms with E-state index in [1.54, 1.807) is 0 Å². The maximum absolute atomic E-state index is 12.8. The molecule has 0 heterocycles. The fourth-order valence-electron chi connectivity index (χ4n) is 0.356. The standard InChI is InChI=1S/C4Cl6F4/c5-3(6,7)1(11,12)2(13,14)4(8,9)10. The Morgan fingerprint density at radius 3 is 0.714 bits per heavy atom. The molecule has 0 spiro atoms. The normalized spacial score (nSPS) is 15.9. The quantitative estimate of drug-likeness (QED) is 0.467. The Morgan fingerprint density at radius 1 is 0.500 bits per heavy atom. The summed E-state index contributed by atoms with van der Waals surface area (Å²) in [6.07, 6.45) is 0. The molecule has 0 radical (unpaired) electrons. The minimum absolute atomic E-state index is 3.58. The van der Waals surface area contributed by atoms with Crippen LogP contribution in [0.4, 0.5) is 17.6 Å². The Hall–Kier alpha value is 1.46. The predicted molar refractivity (Wildman–Crippen MR) is 50.5 cm³/mol. The van der Waals surface area contributed by atoms with Gasteiger partial charge in [0.05, 0.1) is 0 Å². The SMILES string of the molecule is FC(F)(C(Cl)(Cl)Cl)C(F)(F)C(Cl)(Cl)Cl. The molecule has 0 aliphatic carbocycles. The second-order valence-corrected chi connectivity index (χ2v) is 6.71. The van der Waals surface area contributed by atoms with Crippen molar-refractivity contribution in [2.45, 2.75) is 19.4 Å². The van der Waals surface area contributed by atoms with Crippen molar-refractivity contribution < 1.29 is 17.6 Å². The van der Waals surface area contributed by atoms with E-state index >= 15 is 0 Å². The molecule has 0 bridgehead atoms. The third-order valence-corrected chi connectivity index (χ3v) is 2.53. The zero-order valence-corrected chi connectivity index (χ0v) is 10.3. The number of rotatable bonds is 1. The predicted octanol–water partition coefficient (Wildman–Crippen LogP) is 5.00.